The number of benzene rings is 2. The Morgan fingerprint density at radius 2 is 1.77 bits per heavy atom. The molecule has 9 nitrogen and oxygen atoms in total. The maximum absolute atomic E-state index is 14.7. The Morgan fingerprint density at radius 1 is 0.977 bits per heavy atom. The molecular formula is C30H31F4N7O2. The van der Waals surface area contributed by atoms with Crippen molar-refractivity contribution in [3.63, 3.8) is 0 Å². The van der Waals surface area contributed by atoms with E-state index in [0.29, 0.717) is 29.4 Å². The van der Waals surface area contributed by atoms with Gasteiger partial charge in [-0.3, -0.25) is 4.79 Å². The van der Waals surface area contributed by atoms with Crippen LogP contribution >= 0.6 is 0 Å². The average molecular weight is 598 g/mol. The van der Waals surface area contributed by atoms with Gasteiger partial charge in [-0.05, 0) is 75.6 Å². The lowest BCUT2D eigenvalue weighted by molar-refractivity contribution is -0.137. The topological polar surface area (TPSA) is 95.5 Å². The number of carbonyl (C=O) groups is 1. The molecule has 1 amide bonds. The molecule has 0 spiro atoms. The van der Waals surface area contributed by atoms with Crippen molar-refractivity contribution in [2.75, 3.05) is 56.8 Å². The number of nitrogens with one attached hydrogen (secondary N) is 2. The van der Waals surface area contributed by atoms with Crippen LogP contribution in [0.25, 0.3) is 11.3 Å². The molecule has 0 saturated heterocycles. The lowest BCUT2D eigenvalue weighted by Gasteiger charge is -2.24. The summed E-state index contributed by atoms with van der Waals surface area (Å²) in [6, 6.07) is 11.5. The average Bonchev–Trinajstić information content (AvgIpc) is 2.96. The third kappa shape index (κ3) is 8.16. The molecule has 13 heteroatoms. The number of hydrogen-bond donors (Lipinski definition) is 2. The van der Waals surface area contributed by atoms with E-state index in [2.05, 4.69) is 25.6 Å². The van der Waals surface area contributed by atoms with Crippen LogP contribution in [0.3, 0.4) is 0 Å². The number of amides is 1. The van der Waals surface area contributed by atoms with Crippen LogP contribution < -0.4 is 20.3 Å². The monoisotopic (exact) mass is 597 g/mol. The Kier molecular flexibility index (Phi) is 9.76. The molecule has 4 aromatic rings. The number of pyridine rings is 1. The van der Waals surface area contributed by atoms with E-state index in [-0.39, 0.29) is 22.9 Å². The van der Waals surface area contributed by atoms with Crippen LogP contribution in [-0.2, 0) is 6.18 Å². The maximum Gasteiger partial charge on any atom is 0.416 e. The first-order valence-electron chi connectivity index (χ1n) is 13.3. The highest BCUT2D eigenvalue weighted by molar-refractivity contribution is 6.06. The molecular weight excluding hydrogens is 566 g/mol. The minimum absolute atomic E-state index is 0.0435. The summed E-state index contributed by atoms with van der Waals surface area (Å²) in [6.07, 6.45) is -0.851. The highest BCUT2D eigenvalue weighted by atomic mass is 19.4. The van der Waals surface area contributed by atoms with E-state index < -0.39 is 23.5 Å². The Labute approximate surface area is 246 Å². The van der Waals surface area contributed by atoms with E-state index >= 15 is 0 Å². The zero-order valence-electron chi connectivity index (χ0n) is 24.0. The first-order chi connectivity index (χ1) is 20.4. The molecule has 2 aromatic carbocycles. The summed E-state index contributed by atoms with van der Waals surface area (Å²) in [6.45, 7) is 1.30. The third-order valence-electron chi connectivity index (χ3n) is 6.36. The summed E-state index contributed by atoms with van der Waals surface area (Å²) in [5.74, 6) is -1.18. The van der Waals surface area contributed by atoms with Crippen molar-refractivity contribution in [3.05, 3.63) is 83.9 Å². The van der Waals surface area contributed by atoms with Gasteiger partial charge >= 0.3 is 6.18 Å². The van der Waals surface area contributed by atoms with Crippen LogP contribution in [0.4, 0.5) is 34.9 Å². The predicted octanol–water partition coefficient (Wildman–Crippen LogP) is 6.17. The summed E-state index contributed by atoms with van der Waals surface area (Å²) in [5, 5.41) is 5.38. The van der Waals surface area contributed by atoms with Gasteiger partial charge in [0.1, 0.15) is 11.6 Å². The zero-order chi connectivity index (χ0) is 31.1. The normalized spacial score (nSPS) is 11.4. The molecule has 43 heavy (non-hydrogen) atoms. The van der Waals surface area contributed by atoms with Crippen molar-refractivity contribution in [1.82, 2.24) is 19.9 Å². The molecule has 0 unspecified atom stereocenters. The van der Waals surface area contributed by atoms with E-state index in [0.717, 1.165) is 37.2 Å². The number of anilines is 3. The van der Waals surface area contributed by atoms with Gasteiger partial charge in [-0.25, -0.2) is 19.3 Å². The van der Waals surface area contributed by atoms with Gasteiger partial charge in [0.2, 0.25) is 11.8 Å². The van der Waals surface area contributed by atoms with Crippen LogP contribution in [0.1, 0.15) is 22.3 Å². The van der Waals surface area contributed by atoms with E-state index in [1.54, 1.807) is 43.4 Å². The Balaban J connectivity index is 1.62. The molecule has 0 bridgehead atoms. The molecule has 2 aromatic heterocycles. The number of rotatable bonds is 11. The van der Waals surface area contributed by atoms with Crippen LogP contribution in [-0.4, -0.2) is 67.0 Å². The second-order valence-electron chi connectivity index (χ2n) is 9.91. The second-order valence-corrected chi connectivity index (χ2v) is 9.91. The summed E-state index contributed by atoms with van der Waals surface area (Å²) >= 11 is 0. The minimum Gasteiger partial charge on any atom is -0.438 e. The highest BCUT2D eigenvalue weighted by Gasteiger charge is 2.31. The van der Waals surface area contributed by atoms with Gasteiger partial charge in [0.05, 0.1) is 28.2 Å². The van der Waals surface area contributed by atoms with Crippen LogP contribution in [0.2, 0.25) is 0 Å². The SMILES string of the molecule is CNc1nccc(-c2cccnc2Oc2cc(F)cc(C(=O)Nc3cc(C(F)(F)F)ccc3N(C)CCCN(C)C)c2)n1. The van der Waals surface area contributed by atoms with Crippen LogP contribution in [0.5, 0.6) is 11.6 Å². The van der Waals surface area contributed by atoms with Crippen molar-refractivity contribution in [2.24, 2.45) is 0 Å². The van der Waals surface area contributed by atoms with Crippen molar-refractivity contribution < 1.29 is 27.1 Å². The fourth-order valence-corrected chi connectivity index (χ4v) is 4.25. The first kappa shape index (κ1) is 31.2. The second kappa shape index (κ2) is 13.5. The third-order valence-corrected chi connectivity index (χ3v) is 6.36. The van der Waals surface area contributed by atoms with Gasteiger partial charge in [0.15, 0.2) is 0 Å². The predicted molar refractivity (Wildman–Crippen MR) is 157 cm³/mol. The van der Waals surface area contributed by atoms with Crippen molar-refractivity contribution in [1.29, 1.82) is 0 Å². The van der Waals surface area contributed by atoms with Gasteiger partial charge in [-0.1, -0.05) is 0 Å². The molecule has 0 aliphatic carbocycles. The largest absolute Gasteiger partial charge is 0.438 e. The number of halogens is 4. The summed E-state index contributed by atoms with van der Waals surface area (Å²) in [5.41, 5.74) is 0.217. The van der Waals surface area contributed by atoms with E-state index in [9.17, 15) is 22.4 Å². The van der Waals surface area contributed by atoms with Crippen molar-refractivity contribution >= 4 is 23.2 Å². The lowest BCUT2D eigenvalue weighted by Crippen LogP contribution is -2.25. The summed E-state index contributed by atoms with van der Waals surface area (Å²) < 4.78 is 61.2. The highest BCUT2D eigenvalue weighted by Crippen LogP contribution is 2.36. The fraction of sp³-hybridized carbons (Fsp3) is 0.267. The minimum atomic E-state index is -4.63. The molecule has 4 rings (SSSR count). The molecule has 2 N–H and O–H groups in total. The van der Waals surface area contributed by atoms with Gasteiger partial charge in [0.25, 0.3) is 5.91 Å². The smallest absolute Gasteiger partial charge is 0.416 e. The number of aromatic nitrogens is 3. The van der Waals surface area contributed by atoms with Gasteiger partial charge < -0.3 is 25.2 Å². The maximum atomic E-state index is 14.7. The number of ether oxygens (including phenoxy) is 1. The van der Waals surface area contributed by atoms with Crippen LogP contribution in [0.15, 0.2) is 67.0 Å². The molecule has 226 valence electrons. The standard InChI is InChI=1S/C30H31F4N7O2/c1-35-29-37-12-10-24(39-29)23-7-5-11-36-28(23)43-22-16-19(15-21(31)18-22)27(42)38-25-17-20(30(32,33)34)8-9-26(25)41(4)14-6-13-40(2)3/h5,7-12,15-18H,6,13-14H2,1-4H3,(H,38,42)(H,35,37,39). The first-order valence-corrected chi connectivity index (χ1v) is 13.3. The Bertz CT molecular complexity index is 1580. The lowest BCUT2D eigenvalue weighted by atomic mass is 10.1. The molecule has 0 radical (unpaired) electrons. The molecule has 2 heterocycles. The zero-order valence-corrected chi connectivity index (χ0v) is 24.0. The number of hydrogen-bond acceptors (Lipinski definition) is 8. The molecule has 0 saturated carbocycles. The van der Waals surface area contributed by atoms with Crippen LogP contribution in [0, 0.1) is 5.82 Å². The van der Waals surface area contributed by atoms with Crippen molar-refractivity contribution in [2.45, 2.75) is 12.6 Å². The summed E-state index contributed by atoms with van der Waals surface area (Å²) in [7, 11) is 7.24. The van der Waals surface area contributed by atoms with Gasteiger partial charge in [-0.15, -0.1) is 0 Å². The molecule has 0 aliphatic rings. The number of nitrogens with zero attached hydrogens (tertiary/aromatic N) is 5. The molecule has 0 fully saturated rings. The number of alkyl halides is 3. The fourth-order valence-electron chi connectivity index (χ4n) is 4.25. The number of carbonyl (C=O) groups excluding carboxylic acids is 1. The Hall–Kier alpha value is -4.78. The quantitative estimate of drug-likeness (QED) is 0.198. The summed E-state index contributed by atoms with van der Waals surface area (Å²) in [4.78, 5) is 29.7. The molecule has 0 aliphatic heterocycles. The van der Waals surface area contributed by atoms with Gasteiger partial charge in [-0.2, -0.15) is 13.2 Å². The van der Waals surface area contributed by atoms with E-state index in [4.69, 9.17) is 4.74 Å². The van der Waals surface area contributed by atoms with Gasteiger partial charge in [0, 0.05) is 44.7 Å². The van der Waals surface area contributed by atoms with E-state index in [1.807, 2.05) is 19.0 Å². The van der Waals surface area contributed by atoms with E-state index in [1.165, 1.54) is 18.3 Å². The Morgan fingerprint density at radius 3 is 2.49 bits per heavy atom. The van der Waals surface area contributed by atoms with Crippen molar-refractivity contribution in [3.8, 4) is 22.9 Å². The molecule has 0 atom stereocenters.